The van der Waals surface area contributed by atoms with E-state index in [1.54, 1.807) is 4.31 Å². The summed E-state index contributed by atoms with van der Waals surface area (Å²) in [7, 11) is -3.28. The highest BCUT2D eigenvalue weighted by atomic mass is 32.2. The fourth-order valence-corrected chi connectivity index (χ4v) is 4.74. The van der Waals surface area contributed by atoms with Crippen molar-refractivity contribution in [1.82, 2.24) is 4.31 Å². The second-order valence-electron chi connectivity index (χ2n) is 5.22. The quantitative estimate of drug-likeness (QED) is 0.651. The minimum absolute atomic E-state index is 0.0581. The Morgan fingerprint density at radius 2 is 1.89 bits per heavy atom. The number of ether oxygens (including phenoxy) is 1. The summed E-state index contributed by atoms with van der Waals surface area (Å²) in [6.07, 6.45) is 4.72. The second kappa shape index (κ2) is 7.57. The molecule has 19 heavy (non-hydrogen) atoms. The van der Waals surface area contributed by atoms with Crippen LogP contribution in [0.25, 0.3) is 0 Å². The van der Waals surface area contributed by atoms with Crippen molar-refractivity contribution in [3.8, 4) is 0 Å². The summed E-state index contributed by atoms with van der Waals surface area (Å²) in [6, 6.07) is 0. The van der Waals surface area contributed by atoms with Crippen molar-refractivity contribution < 1.29 is 13.2 Å². The molecule has 0 saturated heterocycles. The fourth-order valence-electron chi connectivity index (χ4n) is 2.88. The van der Waals surface area contributed by atoms with Crippen molar-refractivity contribution in [2.45, 2.75) is 51.5 Å². The lowest BCUT2D eigenvalue weighted by atomic mass is 9.98. The molecule has 5 nitrogen and oxygen atoms in total. The molecule has 1 saturated carbocycles. The van der Waals surface area contributed by atoms with Crippen molar-refractivity contribution in [3.05, 3.63) is 0 Å². The van der Waals surface area contributed by atoms with Crippen LogP contribution in [-0.4, -0.2) is 50.3 Å². The molecule has 0 aromatic heterocycles. The van der Waals surface area contributed by atoms with Gasteiger partial charge in [-0.1, -0.05) is 19.8 Å². The number of nitrogens with two attached hydrogens (primary N) is 1. The average Bonchev–Trinajstić information content (AvgIpc) is 2.85. The zero-order valence-corrected chi connectivity index (χ0v) is 13.0. The predicted molar refractivity (Wildman–Crippen MR) is 77.5 cm³/mol. The molecule has 1 rings (SSSR count). The molecule has 0 bridgehead atoms. The van der Waals surface area contributed by atoms with E-state index in [1.807, 2.05) is 13.8 Å². The van der Waals surface area contributed by atoms with Gasteiger partial charge in [0.15, 0.2) is 0 Å². The minimum Gasteiger partial charge on any atom is -0.381 e. The molecule has 114 valence electrons. The second-order valence-corrected chi connectivity index (χ2v) is 7.23. The summed E-state index contributed by atoms with van der Waals surface area (Å²) >= 11 is 0. The maximum atomic E-state index is 12.5. The molecule has 0 spiro atoms. The van der Waals surface area contributed by atoms with Crippen molar-refractivity contribution in [2.24, 2.45) is 5.73 Å². The van der Waals surface area contributed by atoms with Crippen LogP contribution in [0, 0.1) is 0 Å². The van der Waals surface area contributed by atoms with Gasteiger partial charge in [0.1, 0.15) is 0 Å². The molecule has 0 radical (unpaired) electrons. The Labute approximate surface area is 117 Å². The molecule has 1 aliphatic rings. The highest BCUT2D eigenvalue weighted by Crippen LogP contribution is 2.36. The molecule has 1 fully saturated rings. The number of sulfonamides is 1. The largest absolute Gasteiger partial charge is 0.381 e. The van der Waals surface area contributed by atoms with Crippen LogP contribution in [0.1, 0.15) is 46.0 Å². The predicted octanol–water partition coefficient (Wildman–Crippen LogP) is 1.34. The minimum atomic E-state index is -3.28. The van der Waals surface area contributed by atoms with E-state index in [-0.39, 0.29) is 17.9 Å². The molecule has 0 amide bonds. The van der Waals surface area contributed by atoms with Gasteiger partial charge in [-0.05, 0) is 26.2 Å². The van der Waals surface area contributed by atoms with E-state index >= 15 is 0 Å². The summed E-state index contributed by atoms with van der Waals surface area (Å²) in [6.45, 7) is 5.66. The van der Waals surface area contributed by atoms with Crippen LogP contribution in [0.2, 0.25) is 0 Å². The maximum absolute atomic E-state index is 12.5. The van der Waals surface area contributed by atoms with Crippen molar-refractivity contribution in [3.63, 3.8) is 0 Å². The van der Waals surface area contributed by atoms with E-state index in [0.717, 1.165) is 32.1 Å². The smallest absolute Gasteiger partial charge is 0.216 e. The van der Waals surface area contributed by atoms with Gasteiger partial charge in [-0.15, -0.1) is 0 Å². The third-order valence-corrected chi connectivity index (χ3v) is 5.82. The third-order valence-electron chi connectivity index (χ3n) is 3.90. The lowest BCUT2D eigenvalue weighted by Crippen LogP contribution is -2.55. The first-order valence-electron chi connectivity index (χ1n) is 7.30. The Bertz CT molecular complexity index is 351. The molecular formula is C13H28N2O3S. The third kappa shape index (κ3) is 4.15. The van der Waals surface area contributed by atoms with E-state index in [1.165, 1.54) is 0 Å². The van der Waals surface area contributed by atoms with Gasteiger partial charge < -0.3 is 10.5 Å². The summed E-state index contributed by atoms with van der Waals surface area (Å²) in [4.78, 5) is 0. The van der Waals surface area contributed by atoms with E-state index in [4.69, 9.17) is 10.5 Å². The van der Waals surface area contributed by atoms with Crippen molar-refractivity contribution in [2.75, 3.05) is 32.1 Å². The fraction of sp³-hybridized carbons (Fsp3) is 1.00. The van der Waals surface area contributed by atoms with Gasteiger partial charge in [0.05, 0.1) is 12.4 Å². The Morgan fingerprint density at radius 3 is 2.37 bits per heavy atom. The first kappa shape index (κ1) is 16.9. The van der Waals surface area contributed by atoms with Crippen LogP contribution in [0.4, 0.5) is 0 Å². The molecule has 2 N–H and O–H groups in total. The van der Waals surface area contributed by atoms with Gasteiger partial charge in [0, 0.05) is 25.2 Å². The first-order valence-corrected chi connectivity index (χ1v) is 8.91. The van der Waals surface area contributed by atoms with Gasteiger partial charge in [0.2, 0.25) is 10.0 Å². The molecule has 0 aliphatic heterocycles. The molecular weight excluding hydrogens is 264 g/mol. The normalized spacial score (nSPS) is 19.2. The number of rotatable bonds is 9. The van der Waals surface area contributed by atoms with E-state index < -0.39 is 10.0 Å². The molecule has 6 heteroatoms. The standard InChI is InChI=1S/C13H28N2O3S/c1-3-9-15(13(12-14)7-5-6-8-13)19(16,17)11-10-18-4-2/h3-12,14H2,1-2H3. The molecule has 1 aliphatic carbocycles. The topological polar surface area (TPSA) is 72.6 Å². The highest BCUT2D eigenvalue weighted by molar-refractivity contribution is 7.89. The highest BCUT2D eigenvalue weighted by Gasteiger charge is 2.43. The average molecular weight is 292 g/mol. The maximum Gasteiger partial charge on any atom is 0.216 e. The van der Waals surface area contributed by atoms with Crippen molar-refractivity contribution >= 4 is 10.0 Å². The Kier molecular flexibility index (Phi) is 6.73. The zero-order valence-electron chi connectivity index (χ0n) is 12.2. The lowest BCUT2D eigenvalue weighted by molar-refractivity contribution is 0.157. The Hall–Kier alpha value is -0.170. The van der Waals surface area contributed by atoms with Crippen LogP contribution in [0.5, 0.6) is 0 Å². The van der Waals surface area contributed by atoms with Gasteiger partial charge >= 0.3 is 0 Å². The molecule has 0 aromatic rings. The number of hydrogen-bond acceptors (Lipinski definition) is 4. The van der Waals surface area contributed by atoms with Crippen LogP contribution in [0.15, 0.2) is 0 Å². The summed E-state index contributed by atoms with van der Waals surface area (Å²) in [5.41, 5.74) is 5.57. The Balaban J connectivity index is 2.86. The van der Waals surface area contributed by atoms with Crippen LogP contribution in [0.3, 0.4) is 0 Å². The molecule has 0 heterocycles. The SMILES string of the molecule is CCCN(C1(CN)CCCC1)S(=O)(=O)CCOCC. The lowest BCUT2D eigenvalue weighted by Gasteiger charge is -2.39. The number of hydrogen-bond donors (Lipinski definition) is 1. The first-order chi connectivity index (χ1) is 9.02. The molecule has 0 aromatic carbocycles. The Morgan fingerprint density at radius 1 is 1.26 bits per heavy atom. The van der Waals surface area contributed by atoms with Gasteiger partial charge in [-0.2, -0.15) is 4.31 Å². The van der Waals surface area contributed by atoms with Crippen LogP contribution < -0.4 is 5.73 Å². The van der Waals surface area contributed by atoms with E-state index in [2.05, 4.69) is 0 Å². The molecule has 0 atom stereocenters. The summed E-state index contributed by atoms with van der Waals surface area (Å²) < 4.78 is 31.9. The van der Waals surface area contributed by atoms with Crippen molar-refractivity contribution in [1.29, 1.82) is 0 Å². The van der Waals surface area contributed by atoms with Crippen LogP contribution >= 0.6 is 0 Å². The van der Waals surface area contributed by atoms with Gasteiger partial charge in [-0.25, -0.2) is 8.42 Å². The summed E-state index contributed by atoms with van der Waals surface area (Å²) in [5.74, 6) is 0.0581. The monoisotopic (exact) mass is 292 g/mol. The number of nitrogens with zero attached hydrogens (tertiary/aromatic N) is 1. The molecule has 0 unspecified atom stereocenters. The summed E-state index contributed by atoms with van der Waals surface area (Å²) in [5, 5.41) is 0. The van der Waals surface area contributed by atoms with E-state index in [0.29, 0.717) is 19.7 Å². The zero-order chi connectivity index (χ0) is 14.4. The van der Waals surface area contributed by atoms with Crippen LogP contribution in [-0.2, 0) is 14.8 Å². The van der Waals surface area contributed by atoms with Gasteiger partial charge in [0.25, 0.3) is 0 Å². The van der Waals surface area contributed by atoms with E-state index in [9.17, 15) is 8.42 Å². The van der Waals surface area contributed by atoms with Gasteiger partial charge in [-0.3, -0.25) is 0 Å².